The fourth-order valence-electron chi connectivity index (χ4n) is 2.10. The lowest BCUT2D eigenvalue weighted by molar-refractivity contribution is 0.0963. The van der Waals surface area contributed by atoms with Gasteiger partial charge >= 0.3 is 6.03 Å². The molecule has 7 nitrogen and oxygen atoms in total. The second-order valence-electron chi connectivity index (χ2n) is 4.99. The zero-order valence-electron chi connectivity index (χ0n) is 13.0. The minimum atomic E-state index is -0.753. The quantitative estimate of drug-likeness (QED) is 0.677. The van der Waals surface area contributed by atoms with E-state index in [4.69, 9.17) is 5.73 Å². The van der Waals surface area contributed by atoms with Crippen LogP contribution in [0.1, 0.15) is 10.5 Å². The van der Waals surface area contributed by atoms with Gasteiger partial charge < -0.3 is 16.4 Å². The van der Waals surface area contributed by atoms with Gasteiger partial charge in [-0.3, -0.25) is 10.1 Å². The van der Waals surface area contributed by atoms with E-state index >= 15 is 0 Å². The Labute approximate surface area is 148 Å². The number of benzene rings is 1. The molecule has 0 spiro atoms. The topological polar surface area (TPSA) is 109 Å². The molecular weight excluding hydrogens is 338 g/mol. The summed E-state index contributed by atoms with van der Waals surface area (Å²) in [7, 11) is 0. The summed E-state index contributed by atoms with van der Waals surface area (Å²) in [6.45, 7) is 0. The number of allylic oxidation sites excluding steroid dienone is 3. The zero-order chi connectivity index (χ0) is 17.6. The van der Waals surface area contributed by atoms with Crippen molar-refractivity contribution in [1.82, 2.24) is 15.6 Å². The van der Waals surface area contributed by atoms with Crippen LogP contribution in [-0.2, 0) is 0 Å². The van der Waals surface area contributed by atoms with Crippen LogP contribution in [0.4, 0.5) is 9.80 Å². The van der Waals surface area contributed by atoms with Crippen molar-refractivity contribution in [1.29, 1.82) is 0 Å². The van der Waals surface area contributed by atoms with Gasteiger partial charge in [0.2, 0.25) is 0 Å². The molecule has 1 aromatic heterocycles. The molecule has 0 aliphatic carbocycles. The van der Waals surface area contributed by atoms with Crippen LogP contribution in [0.15, 0.2) is 66.7 Å². The van der Waals surface area contributed by atoms with Crippen molar-refractivity contribution in [2.45, 2.75) is 0 Å². The molecule has 0 atom stereocenters. The number of hydrogen-bond acceptors (Lipinski definition) is 5. The molecule has 0 radical (unpaired) electrons. The number of aromatic nitrogens is 1. The van der Waals surface area contributed by atoms with Gasteiger partial charge in [-0.1, -0.05) is 47.7 Å². The maximum atomic E-state index is 12.6. The number of urea groups is 1. The Bertz CT molecular complexity index is 884. The number of carbonyl (C=O) groups excluding carboxylic acids is 2. The summed E-state index contributed by atoms with van der Waals surface area (Å²) in [5.41, 5.74) is 6.72. The number of anilines is 1. The van der Waals surface area contributed by atoms with Gasteiger partial charge in [-0.2, -0.15) is 0 Å². The van der Waals surface area contributed by atoms with E-state index in [0.717, 1.165) is 5.56 Å². The van der Waals surface area contributed by atoms with Gasteiger partial charge in [0.25, 0.3) is 5.91 Å². The molecule has 2 aromatic rings. The highest BCUT2D eigenvalue weighted by atomic mass is 32.1. The monoisotopic (exact) mass is 353 g/mol. The van der Waals surface area contributed by atoms with Crippen LogP contribution in [0.3, 0.4) is 0 Å². The van der Waals surface area contributed by atoms with Gasteiger partial charge in [0.15, 0.2) is 5.69 Å². The zero-order valence-corrected chi connectivity index (χ0v) is 13.8. The third-order valence-electron chi connectivity index (χ3n) is 3.18. The van der Waals surface area contributed by atoms with Gasteiger partial charge in [-0.25, -0.2) is 9.78 Å². The third-order valence-corrected chi connectivity index (χ3v) is 4.20. The summed E-state index contributed by atoms with van der Waals surface area (Å²) < 4.78 is 0. The standard InChI is InChI=1S/C17H15N5O2S/c18-17(24)22-16-13(14(23)20-12-8-4-5-9-19-10-12)21-15(25-16)11-6-2-1-3-7-11/h1-10,19H,(H,20,23)(H3,18,22,24). The minimum Gasteiger partial charge on any atom is -0.366 e. The highest BCUT2D eigenvalue weighted by Crippen LogP contribution is 2.32. The number of thiazole rings is 1. The molecular formula is C17H15N5O2S. The summed E-state index contributed by atoms with van der Waals surface area (Å²) in [6, 6.07) is 8.63. The van der Waals surface area contributed by atoms with Crippen molar-refractivity contribution >= 4 is 28.3 Å². The van der Waals surface area contributed by atoms with Crippen LogP contribution in [-0.4, -0.2) is 16.9 Å². The predicted molar refractivity (Wildman–Crippen MR) is 97.7 cm³/mol. The molecule has 8 heteroatoms. The Morgan fingerprint density at radius 3 is 2.68 bits per heavy atom. The van der Waals surface area contributed by atoms with Crippen LogP contribution in [0, 0.1) is 0 Å². The van der Waals surface area contributed by atoms with E-state index in [1.165, 1.54) is 11.3 Å². The molecule has 5 N–H and O–H groups in total. The van der Waals surface area contributed by atoms with Gasteiger partial charge in [0.05, 0.1) is 5.70 Å². The molecule has 1 aromatic carbocycles. The summed E-state index contributed by atoms with van der Waals surface area (Å²) in [4.78, 5) is 28.2. The summed E-state index contributed by atoms with van der Waals surface area (Å²) in [6.07, 6.45) is 8.69. The summed E-state index contributed by atoms with van der Waals surface area (Å²) >= 11 is 1.19. The lowest BCUT2D eigenvalue weighted by Gasteiger charge is -2.05. The number of primary amides is 1. The number of nitrogens with two attached hydrogens (primary N) is 1. The molecule has 25 heavy (non-hydrogen) atoms. The first kappa shape index (κ1) is 16.5. The molecule has 3 amide bonds. The highest BCUT2D eigenvalue weighted by Gasteiger charge is 2.20. The molecule has 1 aliphatic heterocycles. The SMILES string of the molecule is NC(=O)Nc1sc(-c2ccccc2)nc1C(=O)NC1=CNC=CC=C1. The lowest BCUT2D eigenvalue weighted by atomic mass is 10.2. The lowest BCUT2D eigenvalue weighted by Crippen LogP contribution is -2.26. The number of nitrogens with one attached hydrogen (secondary N) is 3. The molecule has 0 bridgehead atoms. The predicted octanol–water partition coefficient (Wildman–Crippen LogP) is 2.55. The van der Waals surface area contributed by atoms with Crippen molar-refractivity contribution in [3.05, 3.63) is 72.4 Å². The van der Waals surface area contributed by atoms with Crippen molar-refractivity contribution < 1.29 is 9.59 Å². The summed E-state index contributed by atoms with van der Waals surface area (Å²) in [5.74, 6) is -0.443. The first-order chi connectivity index (χ1) is 12.1. The largest absolute Gasteiger partial charge is 0.366 e. The van der Waals surface area contributed by atoms with E-state index < -0.39 is 11.9 Å². The van der Waals surface area contributed by atoms with Crippen molar-refractivity contribution in [3.8, 4) is 10.6 Å². The Morgan fingerprint density at radius 1 is 1.12 bits per heavy atom. The maximum absolute atomic E-state index is 12.6. The Balaban J connectivity index is 1.90. The molecule has 126 valence electrons. The number of amides is 3. The van der Waals surface area contributed by atoms with Crippen LogP contribution in [0.5, 0.6) is 0 Å². The van der Waals surface area contributed by atoms with Gasteiger partial charge in [-0.05, 0) is 12.2 Å². The van der Waals surface area contributed by atoms with Gasteiger partial charge in [0, 0.05) is 18.0 Å². The average molecular weight is 353 g/mol. The van der Waals surface area contributed by atoms with E-state index in [0.29, 0.717) is 15.7 Å². The molecule has 3 rings (SSSR count). The Kier molecular flexibility index (Phi) is 4.91. The van der Waals surface area contributed by atoms with E-state index in [-0.39, 0.29) is 5.69 Å². The van der Waals surface area contributed by atoms with E-state index in [2.05, 4.69) is 20.9 Å². The first-order valence-corrected chi connectivity index (χ1v) is 8.18. The first-order valence-electron chi connectivity index (χ1n) is 7.37. The number of rotatable bonds is 4. The Hall–Kier alpha value is -3.39. The average Bonchev–Trinajstić information content (AvgIpc) is 2.84. The third kappa shape index (κ3) is 4.12. The van der Waals surface area contributed by atoms with E-state index in [1.54, 1.807) is 30.6 Å². The molecule has 1 aliphatic rings. The van der Waals surface area contributed by atoms with Crippen LogP contribution in [0.25, 0.3) is 10.6 Å². The molecule has 0 unspecified atom stereocenters. The fourth-order valence-corrected chi connectivity index (χ4v) is 3.07. The van der Waals surface area contributed by atoms with Crippen LogP contribution < -0.4 is 21.7 Å². The maximum Gasteiger partial charge on any atom is 0.317 e. The molecule has 0 saturated heterocycles. The smallest absolute Gasteiger partial charge is 0.317 e. The second kappa shape index (κ2) is 7.45. The highest BCUT2D eigenvalue weighted by molar-refractivity contribution is 7.19. The number of nitrogens with zero attached hydrogens (tertiary/aromatic N) is 1. The molecule has 2 heterocycles. The fraction of sp³-hybridized carbons (Fsp3) is 0. The van der Waals surface area contributed by atoms with Crippen molar-refractivity contribution in [3.63, 3.8) is 0 Å². The Morgan fingerprint density at radius 2 is 1.92 bits per heavy atom. The van der Waals surface area contributed by atoms with Crippen LogP contribution in [0.2, 0.25) is 0 Å². The normalized spacial score (nSPS) is 12.7. The van der Waals surface area contributed by atoms with Gasteiger partial charge in [-0.15, -0.1) is 0 Å². The van der Waals surface area contributed by atoms with Crippen LogP contribution >= 0.6 is 11.3 Å². The van der Waals surface area contributed by atoms with Crippen molar-refractivity contribution in [2.75, 3.05) is 5.32 Å². The van der Waals surface area contributed by atoms with Crippen molar-refractivity contribution in [2.24, 2.45) is 5.73 Å². The number of carbonyl (C=O) groups is 2. The minimum absolute atomic E-state index is 0.106. The molecule has 0 fully saturated rings. The second-order valence-corrected chi connectivity index (χ2v) is 5.99. The number of hydrogen-bond donors (Lipinski definition) is 4. The molecule has 0 saturated carbocycles. The summed E-state index contributed by atoms with van der Waals surface area (Å²) in [5, 5.41) is 9.02. The van der Waals surface area contributed by atoms with E-state index in [1.807, 2.05) is 30.3 Å². The van der Waals surface area contributed by atoms with Gasteiger partial charge in [0.1, 0.15) is 10.0 Å². The van der Waals surface area contributed by atoms with E-state index in [9.17, 15) is 9.59 Å².